The smallest absolute Gasteiger partial charge is 0.265 e. The van der Waals surface area contributed by atoms with E-state index in [1.807, 2.05) is 38.1 Å². The van der Waals surface area contributed by atoms with Gasteiger partial charge in [0.1, 0.15) is 5.75 Å². The molecule has 0 fully saturated rings. The molecule has 0 unspecified atom stereocenters. The van der Waals surface area contributed by atoms with Crippen molar-refractivity contribution in [1.82, 2.24) is 0 Å². The number of aryl methyl sites for hydroxylation is 1. The number of nitrogens with one attached hydrogen (secondary N) is 1. The van der Waals surface area contributed by atoms with Crippen molar-refractivity contribution in [2.24, 2.45) is 0 Å². The molecule has 176 valence electrons. The van der Waals surface area contributed by atoms with Crippen molar-refractivity contribution in [3.8, 4) is 5.75 Å². The van der Waals surface area contributed by atoms with Crippen molar-refractivity contribution in [1.29, 1.82) is 0 Å². The number of hydrogen-bond donors (Lipinski definition) is 1. The molecule has 1 N–H and O–H groups in total. The topological polar surface area (TPSA) is 75.7 Å². The van der Waals surface area contributed by atoms with Crippen molar-refractivity contribution in [3.05, 3.63) is 81.7 Å². The third-order valence-electron chi connectivity index (χ3n) is 5.72. The molecule has 0 spiro atoms. The van der Waals surface area contributed by atoms with Gasteiger partial charge in [-0.3, -0.25) is 9.10 Å². The lowest BCUT2D eigenvalue weighted by atomic mass is 10.1. The number of halogens is 1. The summed E-state index contributed by atoms with van der Waals surface area (Å²) < 4.78 is 33.5. The van der Waals surface area contributed by atoms with Gasteiger partial charge in [-0.1, -0.05) is 23.7 Å². The molecule has 0 bridgehead atoms. The average Bonchev–Trinajstić information content (AvgIpc) is 3.25. The van der Waals surface area contributed by atoms with Gasteiger partial charge >= 0.3 is 0 Å². The largest absolute Gasteiger partial charge is 0.495 e. The molecular formula is C25H23ClN2O4S2. The quantitative estimate of drug-likeness (QED) is 0.329. The molecule has 0 saturated heterocycles. The van der Waals surface area contributed by atoms with E-state index < -0.39 is 10.0 Å². The highest BCUT2D eigenvalue weighted by atomic mass is 35.5. The molecule has 0 aliphatic rings. The Kier molecular flexibility index (Phi) is 6.58. The number of hydrogen-bond acceptors (Lipinski definition) is 5. The van der Waals surface area contributed by atoms with E-state index in [4.69, 9.17) is 16.3 Å². The molecule has 0 aliphatic heterocycles. The standard InChI is InChI=1S/C25H23ClN2O4S2/c1-15-6-5-7-21(16(15)2)27-25(29)24-13-17-12-18(8-11-23(17)33-24)28(3)34(30,31)19-9-10-22(32-4)20(26)14-19/h5-14H,1-4H3,(H,27,29). The van der Waals surface area contributed by atoms with Crippen molar-refractivity contribution in [3.63, 3.8) is 0 Å². The number of sulfonamides is 1. The number of amides is 1. The zero-order chi connectivity index (χ0) is 24.6. The Labute approximate surface area is 207 Å². The van der Waals surface area contributed by atoms with Crippen molar-refractivity contribution >= 4 is 60.3 Å². The summed E-state index contributed by atoms with van der Waals surface area (Å²) >= 11 is 7.48. The highest BCUT2D eigenvalue weighted by Crippen LogP contribution is 2.33. The van der Waals surface area contributed by atoms with Gasteiger partial charge in [0, 0.05) is 17.4 Å². The Balaban J connectivity index is 1.62. The van der Waals surface area contributed by atoms with E-state index in [0.29, 0.717) is 16.3 Å². The van der Waals surface area contributed by atoms with Crippen LogP contribution in [0.4, 0.5) is 11.4 Å². The fourth-order valence-electron chi connectivity index (χ4n) is 3.51. The van der Waals surface area contributed by atoms with E-state index in [2.05, 4.69) is 5.32 Å². The van der Waals surface area contributed by atoms with Gasteiger partial charge in [-0.25, -0.2) is 8.42 Å². The predicted octanol–water partition coefficient (Wildman–Crippen LogP) is 6.26. The molecule has 1 amide bonds. The van der Waals surface area contributed by atoms with Crippen molar-refractivity contribution in [2.45, 2.75) is 18.7 Å². The minimum absolute atomic E-state index is 0.0554. The van der Waals surface area contributed by atoms with E-state index in [1.165, 1.54) is 48.0 Å². The number of thiophene rings is 1. The maximum Gasteiger partial charge on any atom is 0.265 e. The molecule has 0 radical (unpaired) electrons. The summed E-state index contributed by atoms with van der Waals surface area (Å²) in [5.74, 6) is 0.194. The lowest BCUT2D eigenvalue weighted by molar-refractivity contribution is 0.103. The second-order valence-electron chi connectivity index (χ2n) is 7.80. The zero-order valence-electron chi connectivity index (χ0n) is 19.0. The molecule has 1 aromatic heterocycles. The molecule has 0 aliphatic carbocycles. The van der Waals surface area contributed by atoms with Crippen molar-refractivity contribution < 1.29 is 17.9 Å². The minimum atomic E-state index is -3.85. The van der Waals surface area contributed by atoms with Gasteiger partial charge < -0.3 is 10.1 Å². The number of methoxy groups -OCH3 is 1. The summed E-state index contributed by atoms with van der Waals surface area (Å²) in [5, 5.41) is 3.96. The molecule has 34 heavy (non-hydrogen) atoms. The number of carbonyl (C=O) groups is 1. The number of rotatable bonds is 6. The highest BCUT2D eigenvalue weighted by Gasteiger charge is 2.23. The van der Waals surface area contributed by atoms with Crippen LogP contribution in [0.5, 0.6) is 5.75 Å². The molecule has 4 aromatic rings. The summed E-state index contributed by atoms with van der Waals surface area (Å²) in [6, 6.07) is 17.2. The van der Waals surface area contributed by atoms with Crippen LogP contribution in [0, 0.1) is 13.8 Å². The van der Waals surface area contributed by atoms with Gasteiger partial charge in [0.15, 0.2) is 0 Å². The summed E-state index contributed by atoms with van der Waals surface area (Å²) in [6.45, 7) is 3.96. The second-order valence-corrected chi connectivity index (χ2v) is 11.3. The number of carbonyl (C=O) groups excluding carboxylic acids is 1. The third kappa shape index (κ3) is 4.49. The van der Waals surface area contributed by atoms with E-state index in [1.54, 1.807) is 18.2 Å². The average molecular weight is 515 g/mol. The van der Waals surface area contributed by atoms with Gasteiger partial charge in [-0.15, -0.1) is 11.3 Å². The van der Waals surface area contributed by atoms with E-state index in [-0.39, 0.29) is 15.8 Å². The maximum atomic E-state index is 13.2. The molecular weight excluding hydrogens is 492 g/mol. The first kappa shape index (κ1) is 24.1. The zero-order valence-corrected chi connectivity index (χ0v) is 21.4. The van der Waals surface area contributed by atoms with E-state index in [9.17, 15) is 13.2 Å². The molecule has 9 heteroatoms. The Morgan fingerprint density at radius 2 is 1.82 bits per heavy atom. The van der Waals surface area contributed by atoms with Crippen LogP contribution in [0.15, 0.2) is 65.6 Å². The van der Waals surface area contributed by atoms with Gasteiger partial charge in [0.2, 0.25) is 0 Å². The number of benzene rings is 3. The van der Waals surface area contributed by atoms with Crippen LogP contribution in [0.25, 0.3) is 10.1 Å². The van der Waals surface area contributed by atoms with E-state index >= 15 is 0 Å². The first-order valence-electron chi connectivity index (χ1n) is 10.4. The molecule has 1 heterocycles. The summed E-state index contributed by atoms with van der Waals surface area (Å²) in [7, 11) is -0.902. The van der Waals surface area contributed by atoms with Crippen LogP contribution >= 0.6 is 22.9 Å². The normalized spacial score (nSPS) is 11.4. The first-order valence-corrected chi connectivity index (χ1v) is 13.0. The third-order valence-corrected chi connectivity index (χ3v) is 8.91. The predicted molar refractivity (Wildman–Crippen MR) is 139 cm³/mol. The number of fused-ring (bicyclic) bond motifs is 1. The van der Waals surface area contributed by atoms with Crippen LogP contribution in [0.1, 0.15) is 20.8 Å². The number of ether oxygens (including phenoxy) is 1. The molecule has 6 nitrogen and oxygen atoms in total. The van der Waals surface area contributed by atoms with Crippen LogP contribution in [0.2, 0.25) is 5.02 Å². The lowest BCUT2D eigenvalue weighted by Gasteiger charge is -2.20. The fourth-order valence-corrected chi connectivity index (χ4v) is 5.99. The van der Waals surface area contributed by atoms with Crippen LogP contribution < -0.4 is 14.4 Å². The Morgan fingerprint density at radius 3 is 2.53 bits per heavy atom. The molecule has 3 aromatic carbocycles. The fraction of sp³-hybridized carbons (Fsp3) is 0.160. The second kappa shape index (κ2) is 9.29. The van der Waals surface area contributed by atoms with Crippen LogP contribution in [0.3, 0.4) is 0 Å². The monoisotopic (exact) mass is 514 g/mol. The maximum absolute atomic E-state index is 13.2. The number of nitrogens with zero attached hydrogens (tertiary/aromatic N) is 1. The van der Waals surface area contributed by atoms with Crippen LogP contribution in [-0.4, -0.2) is 28.5 Å². The Hall–Kier alpha value is -3.07. The Morgan fingerprint density at radius 1 is 1.06 bits per heavy atom. The summed E-state index contributed by atoms with van der Waals surface area (Å²) in [4.78, 5) is 13.5. The van der Waals surface area contributed by atoms with Crippen molar-refractivity contribution in [2.75, 3.05) is 23.8 Å². The van der Waals surface area contributed by atoms with E-state index in [0.717, 1.165) is 26.9 Å². The number of anilines is 2. The van der Waals surface area contributed by atoms with Gasteiger partial charge in [-0.05, 0) is 78.9 Å². The molecule has 4 rings (SSSR count). The summed E-state index contributed by atoms with van der Waals surface area (Å²) in [6.07, 6.45) is 0. The first-order chi connectivity index (χ1) is 16.1. The van der Waals surface area contributed by atoms with Gasteiger partial charge in [-0.2, -0.15) is 0 Å². The van der Waals surface area contributed by atoms with Crippen LogP contribution in [-0.2, 0) is 10.0 Å². The molecule has 0 saturated carbocycles. The Bertz CT molecular complexity index is 1510. The SMILES string of the molecule is COc1ccc(S(=O)(=O)N(C)c2ccc3sc(C(=O)Nc4cccc(C)c4C)cc3c2)cc1Cl. The molecule has 0 atom stereocenters. The summed E-state index contributed by atoms with van der Waals surface area (Å²) in [5.41, 5.74) is 3.36. The minimum Gasteiger partial charge on any atom is -0.495 e. The van der Waals surface area contributed by atoms with Gasteiger partial charge in [0.05, 0.1) is 27.6 Å². The lowest BCUT2D eigenvalue weighted by Crippen LogP contribution is -2.26. The highest BCUT2D eigenvalue weighted by molar-refractivity contribution is 7.92. The van der Waals surface area contributed by atoms with Gasteiger partial charge in [0.25, 0.3) is 15.9 Å².